The van der Waals surface area contributed by atoms with Crippen LogP contribution in [-0.2, 0) is 28.6 Å². The van der Waals surface area contributed by atoms with Gasteiger partial charge in [-0.05, 0) is 103 Å². The van der Waals surface area contributed by atoms with Crippen LogP contribution in [0.2, 0.25) is 0 Å². The van der Waals surface area contributed by atoms with Gasteiger partial charge in [-0.3, -0.25) is 14.4 Å². The molecule has 378 valence electrons. The Morgan fingerprint density at radius 3 is 0.892 bits per heavy atom. The van der Waals surface area contributed by atoms with Gasteiger partial charge in [-0.2, -0.15) is 0 Å². The molecule has 1 atom stereocenters. The first-order chi connectivity index (χ1) is 32.0. The molecule has 65 heavy (non-hydrogen) atoms. The zero-order valence-corrected chi connectivity index (χ0v) is 43.3. The first-order valence-electron chi connectivity index (χ1n) is 28.1. The fourth-order valence-corrected chi connectivity index (χ4v) is 7.99. The summed E-state index contributed by atoms with van der Waals surface area (Å²) in [7, 11) is 0. The summed E-state index contributed by atoms with van der Waals surface area (Å²) >= 11 is 0. The number of allylic oxidation sites excluding steroid dienone is 8. The molecule has 0 aromatic heterocycles. The average molecular weight is 911 g/mol. The van der Waals surface area contributed by atoms with Gasteiger partial charge in [0.25, 0.3) is 0 Å². The lowest BCUT2D eigenvalue weighted by Gasteiger charge is -2.18. The number of carbonyl (C=O) groups excluding carboxylic acids is 3. The summed E-state index contributed by atoms with van der Waals surface area (Å²) in [5.41, 5.74) is 0. The molecule has 6 heteroatoms. The average Bonchev–Trinajstić information content (AvgIpc) is 3.30. The summed E-state index contributed by atoms with van der Waals surface area (Å²) in [6.45, 7) is 6.60. The predicted octanol–water partition coefficient (Wildman–Crippen LogP) is 18.7. The van der Waals surface area contributed by atoms with E-state index in [1.54, 1.807) is 0 Å². The first kappa shape index (κ1) is 62.4. The topological polar surface area (TPSA) is 78.9 Å². The molecule has 6 nitrogen and oxygen atoms in total. The van der Waals surface area contributed by atoms with E-state index in [-0.39, 0.29) is 31.1 Å². The smallest absolute Gasteiger partial charge is 0.306 e. The van der Waals surface area contributed by atoms with E-state index in [9.17, 15) is 14.4 Å². The van der Waals surface area contributed by atoms with E-state index in [2.05, 4.69) is 69.4 Å². The lowest BCUT2D eigenvalue weighted by molar-refractivity contribution is -0.167. The summed E-state index contributed by atoms with van der Waals surface area (Å²) in [6.07, 6.45) is 65.2. The lowest BCUT2D eigenvalue weighted by atomic mass is 10.1. The Morgan fingerprint density at radius 2 is 0.554 bits per heavy atom. The molecule has 0 heterocycles. The van der Waals surface area contributed by atoms with Crippen LogP contribution in [0.3, 0.4) is 0 Å². The van der Waals surface area contributed by atoms with Crippen LogP contribution in [0.15, 0.2) is 48.6 Å². The molecule has 0 amide bonds. The van der Waals surface area contributed by atoms with Crippen LogP contribution in [0.4, 0.5) is 0 Å². The van der Waals surface area contributed by atoms with Gasteiger partial charge in [-0.15, -0.1) is 0 Å². The van der Waals surface area contributed by atoms with Gasteiger partial charge in [0, 0.05) is 19.3 Å². The van der Waals surface area contributed by atoms with E-state index >= 15 is 0 Å². The normalized spacial score (nSPS) is 12.4. The van der Waals surface area contributed by atoms with Crippen LogP contribution in [0.5, 0.6) is 0 Å². The van der Waals surface area contributed by atoms with Crippen LogP contribution in [0, 0.1) is 0 Å². The Bertz CT molecular complexity index is 1140. The van der Waals surface area contributed by atoms with E-state index in [1.807, 2.05) is 0 Å². The highest BCUT2D eigenvalue weighted by Crippen LogP contribution is 2.15. The van der Waals surface area contributed by atoms with Crippen molar-refractivity contribution in [3.05, 3.63) is 48.6 Å². The lowest BCUT2D eigenvalue weighted by Crippen LogP contribution is -2.30. The van der Waals surface area contributed by atoms with Crippen LogP contribution in [0.25, 0.3) is 0 Å². The molecule has 0 aliphatic carbocycles. The van der Waals surface area contributed by atoms with Gasteiger partial charge in [-0.1, -0.05) is 217 Å². The second-order valence-corrected chi connectivity index (χ2v) is 18.8. The SMILES string of the molecule is CCCCC/C=C\C/C=C\CCCCCCCC(=O)O[C@@H](COC(=O)CCCCCCC/C=C\CCCCCCCC)COC(=O)CCCCCCCCC/C=C\CCCCCCCC. The standard InChI is InChI=1S/C59H106O6/c1-4-7-10-13-16-19-22-25-28-29-32-34-37-40-43-46-49-52-58(61)64-55-56(65-59(62)53-50-47-44-41-38-35-31-27-24-21-18-15-12-9-6-3)54-63-57(60)51-48-45-42-39-36-33-30-26-23-20-17-14-11-8-5-2/h18,21,25-28,30-31,56H,4-17,19-20,22-24,29,32-55H2,1-3H3/b21-18-,28-25-,30-26-,31-27-/t56-/m0/s1. The number of unbranched alkanes of at least 4 members (excludes halogenated alkanes) is 32. The number of hydrogen-bond acceptors (Lipinski definition) is 6. The Hall–Kier alpha value is -2.63. The van der Waals surface area contributed by atoms with E-state index in [4.69, 9.17) is 14.2 Å². The molecular formula is C59H106O6. The molecule has 0 saturated carbocycles. The molecule has 0 aromatic rings. The minimum absolute atomic E-state index is 0.0825. The Balaban J connectivity index is 4.40. The van der Waals surface area contributed by atoms with Crippen molar-refractivity contribution in [2.75, 3.05) is 13.2 Å². The Labute approximate surface area is 403 Å². The minimum atomic E-state index is -0.784. The summed E-state index contributed by atoms with van der Waals surface area (Å²) in [5.74, 6) is -0.898. The molecule has 0 radical (unpaired) electrons. The molecule has 0 bridgehead atoms. The summed E-state index contributed by atoms with van der Waals surface area (Å²) in [5, 5.41) is 0. The van der Waals surface area contributed by atoms with Crippen LogP contribution in [0.1, 0.15) is 290 Å². The molecule has 0 rings (SSSR count). The monoisotopic (exact) mass is 911 g/mol. The number of ether oxygens (including phenoxy) is 3. The van der Waals surface area contributed by atoms with E-state index in [1.165, 1.54) is 161 Å². The first-order valence-corrected chi connectivity index (χ1v) is 28.1. The molecule has 0 aliphatic heterocycles. The van der Waals surface area contributed by atoms with Gasteiger partial charge < -0.3 is 14.2 Å². The van der Waals surface area contributed by atoms with Gasteiger partial charge in [-0.25, -0.2) is 0 Å². The van der Waals surface area contributed by atoms with Crippen molar-refractivity contribution in [3.63, 3.8) is 0 Å². The number of esters is 3. The van der Waals surface area contributed by atoms with Crippen LogP contribution >= 0.6 is 0 Å². The number of rotatable bonds is 51. The molecule has 0 fully saturated rings. The van der Waals surface area contributed by atoms with Crippen LogP contribution in [-0.4, -0.2) is 37.2 Å². The second kappa shape index (κ2) is 54.0. The fourth-order valence-electron chi connectivity index (χ4n) is 7.99. The van der Waals surface area contributed by atoms with E-state index < -0.39 is 6.10 Å². The van der Waals surface area contributed by atoms with E-state index in [0.717, 1.165) is 89.9 Å². The third-order valence-corrected chi connectivity index (χ3v) is 12.3. The number of hydrogen-bond donors (Lipinski definition) is 0. The van der Waals surface area contributed by atoms with Gasteiger partial charge in [0.2, 0.25) is 0 Å². The Morgan fingerprint density at radius 1 is 0.308 bits per heavy atom. The van der Waals surface area contributed by atoms with Crippen molar-refractivity contribution in [1.82, 2.24) is 0 Å². The highest BCUT2D eigenvalue weighted by Gasteiger charge is 2.19. The maximum absolute atomic E-state index is 12.8. The summed E-state index contributed by atoms with van der Waals surface area (Å²) in [6, 6.07) is 0. The third-order valence-electron chi connectivity index (χ3n) is 12.3. The zero-order valence-electron chi connectivity index (χ0n) is 43.3. The van der Waals surface area contributed by atoms with E-state index in [0.29, 0.717) is 19.3 Å². The van der Waals surface area contributed by atoms with Crippen molar-refractivity contribution in [2.45, 2.75) is 297 Å². The van der Waals surface area contributed by atoms with Crippen molar-refractivity contribution in [3.8, 4) is 0 Å². The highest BCUT2D eigenvalue weighted by molar-refractivity contribution is 5.71. The summed E-state index contributed by atoms with van der Waals surface area (Å²) in [4.78, 5) is 38.1. The van der Waals surface area contributed by atoms with Crippen molar-refractivity contribution in [1.29, 1.82) is 0 Å². The maximum Gasteiger partial charge on any atom is 0.306 e. The molecular weight excluding hydrogens is 805 g/mol. The minimum Gasteiger partial charge on any atom is -0.462 e. The van der Waals surface area contributed by atoms with Crippen molar-refractivity contribution in [2.24, 2.45) is 0 Å². The Kier molecular flexibility index (Phi) is 51.8. The van der Waals surface area contributed by atoms with Crippen molar-refractivity contribution >= 4 is 17.9 Å². The molecule has 0 unspecified atom stereocenters. The molecule has 0 aromatic carbocycles. The van der Waals surface area contributed by atoms with Gasteiger partial charge >= 0.3 is 17.9 Å². The quantitative estimate of drug-likeness (QED) is 0.0262. The summed E-state index contributed by atoms with van der Waals surface area (Å²) < 4.78 is 16.8. The molecule has 0 N–H and O–H groups in total. The molecule has 0 saturated heterocycles. The predicted molar refractivity (Wildman–Crippen MR) is 279 cm³/mol. The molecule has 0 aliphatic rings. The van der Waals surface area contributed by atoms with Crippen molar-refractivity contribution < 1.29 is 28.6 Å². The largest absolute Gasteiger partial charge is 0.462 e. The molecule has 0 spiro atoms. The van der Waals surface area contributed by atoms with Gasteiger partial charge in [0.05, 0.1) is 0 Å². The van der Waals surface area contributed by atoms with Gasteiger partial charge in [0.1, 0.15) is 13.2 Å². The second-order valence-electron chi connectivity index (χ2n) is 18.8. The zero-order chi connectivity index (χ0) is 47.2. The third kappa shape index (κ3) is 52.2. The van der Waals surface area contributed by atoms with Gasteiger partial charge in [0.15, 0.2) is 6.10 Å². The number of carbonyl (C=O) groups is 3. The van der Waals surface area contributed by atoms with Crippen LogP contribution < -0.4 is 0 Å². The maximum atomic E-state index is 12.8. The highest BCUT2D eigenvalue weighted by atomic mass is 16.6. The fraction of sp³-hybridized carbons (Fsp3) is 0.814.